The lowest BCUT2D eigenvalue weighted by Gasteiger charge is -2.11. The third-order valence-electron chi connectivity index (χ3n) is 2.46. The zero-order valence-corrected chi connectivity index (χ0v) is 13.3. The van der Waals surface area contributed by atoms with Crippen LogP contribution in [0.1, 0.15) is 5.76 Å². The Morgan fingerprint density at radius 2 is 2.14 bits per heavy atom. The van der Waals surface area contributed by atoms with Gasteiger partial charge in [0.2, 0.25) is 5.91 Å². The Morgan fingerprint density at radius 3 is 2.82 bits per heavy atom. The highest BCUT2D eigenvalue weighted by molar-refractivity contribution is 7.80. The molecule has 0 aliphatic carbocycles. The van der Waals surface area contributed by atoms with Crippen molar-refractivity contribution < 1.29 is 14.3 Å². The van der Waals surface area contributed by atoms with Gasteiger partial charge in [-0.05, 0) is 42.6 Å². The number of hydrogen-bond acceptors (Lipinski definition) is 4. The van der Waals surface area contributed by atoms with Crippen LogP contribution >= 0.6 is 35.4 Å². The molecular formula is C14H10Cl2N2O3S. The van der Waals surface area contributed by atoms with Crippen LogP contribution in [0.3, 0.4) is 0 Å². The molecule has 0 saturated carbocycles. The van der Waals surface area contributed by atoms with Crippen LogP contribution < -0.4 is 10.6 Å². The van der Waals surface area contributed by atoms with Crippen LogP contribution in [-0.2, 0) is 4.79 Å². The molecule has 1 aromatic carbocycles. The molecule has 0 aliphatic rings. The first-order valence-electron chi connectivity index (χ1n) is 5.97. The van der Waals surface area contributed by atoms with E-state index in [-0.39, 0.29) is 21.6 Å². The summed E-state index contributed by atoms with van der Waals surface area (Å²) in [5, 5.41) is 15.2. The van der Waals surface area contributed by atoms with Gasteiger partial charge in [0.15, 0.2) is 10.9 Å². The van der Waals surface area contributed by atoms with Gasteiger partial charge in [-0.2, -0.15) is 0 Å². The molecule has 22 heavy (non-hydrogen) atoms. The smallest absolute Gasteiger partial charge is 0.250 e. The van der Waals surface area contributed by atoms with Crippen LogP contribution in [0.2, 0.25) is 10.0 Å². The van der Waals surface area contributed by atoms with Crippen LogP contribution in [0.25, 0.3) is 6.08 Å². The second-order valence-corrected chi connectivity index (χ2v) is 5.33. The first-order valence-corrected chi connectivity index (χ1v) is 7.13. The van der Waals surface area contributed by atoms with Crippen LogP contribution in [0.15, 0.2) is 41.0 Å². The molecule has 5 nitrogen and oxygen atoms in total. The van der Waals surface area contributed by atoms with Crippen LogP contribution in [-0.4, -0.2) is 16.1 Å². The van der Waals surface area contributed by atoms with Gasteiger partial charge in [0.05, 0.1) is 17.0 Å². The minimum atomic E-state index is -0.457. The number of thiocarbonyl (C=S) groups is 1. The van der Waals surface area contributed by atoms with Crippen LogP contribution in [0.5, 0.6) is 5.75 Å². The Balaban J connectivity index is 1.97. The number of hydrogen-bond donors (Lipinski definition) is 3. The summed E-state index contributed by atoms with van der Waals surface area (Å²) < 4.78 is 5.05. The van der Waals surface area contributed by atoms with Crippen molar-refractivity contribution >= 4 is 58.2 Å². The standard InChI is InChI=1S/C14H10Cl2N2O3S/c15-8-6-10(16)13(20)11(7-8)17-14(22)18-12(19)4-3-9-2-1-5-21-9/h1-7,20H,(H2,17,18,19,22)/b4-3+. The van der Waals surface area contributed by atoms with Crippen LogP contribution in [0.4, 0.5) is 5.69 Å². The number of rotatable bonds is 3. The Labute approximate surface area is 141 Å². The van der Waals surface area contributed by atoms with E-state index in [1.54, 1.807) is 12.1 Å². The highest BCUT2D eigenvalue weighted by Crippen LogP contribution is 2.34. The molecule has 1 heterocycles. The summed E-state index contributed by atoms with van der Waals surface area (Å²) in [6, 6.07) is 6.22. The van der Waals surface area contributed by atoms with Crippen LogP contribution in [0, 0.1) is 0 Å². The monoisotopic (exact) mass is 356 g/mol. The van der Waals surface area contributed by atoms with E-state index >= 15 is 0 Å². The molecule has 0 fully saturated rings. The number of carbonyl (C=O) groups is 1. The summed E-state index contributed by atoms with van der Waals surface area (Å²) in [4.78, 5) is 11.7. The number of phenols is 1. The summed E-state index contributed by atoms with van der Waals surface area (Å²) in [7, 11) is 0. The van der Waals surface area contributed by atoms with E-state index in [1.807, 2.05) is 0 Å². The molecule has 1 amide bonds. The topological polar surface area (TPSA) is 74.5 Å². The highest BCUT2D eigenvalue weighted by Gasteiger charge is 2.10. The summed E-state index contributed by atoms with van der Waals surface area (Å²) in [5.74, 6) is -0.136. The molecular weight excluding hydrogens is 347 g/mol. The second kappa shape index (κ2) is 7.31. The van der Waals surface area contributed by atoms with Gasteiger partial charge in [0, 0.05) is 11.1 Å². The van der Waals surface area contributed by atoms with Gasteiger partial charge in [-0.1, -0.05) is 23.2 Å². The minimum absolute atomic E-state index is 0.0114. The van der Waals surface area contributed by atoms with Gasteiger partial charge in [0.25, 0.3) is 0 Å². The van der Waals surface area contributed by atoms with Crippen molar-refractivity contribution in [2.45, 2.75) is 0 Å². The number of nitrogens with one attached hydrogen (secondary N) is 2. The lowest BCUT2D eigenvalue weighted by Crippen LogP contribution is -2.32. The third kappa shape index (κ3) is 4.49. The number of carbonyl (C=O) groups excluding carboxylic acids is 1. The lowest BCUT2D eigenvalue weighted by molar-refractivity contribution is -0.115. The fraction of sp³-hybridized carbons (Fsp3) is 0. The Morgan fingerprint density at radius 1 is 1.36 bits per heavy atom. The summed E-state index contributed by atoms with van der Waals surface area (Å²) in [5.41, 5.74) is 0.192. The van der Waals surface area contributed by atoms with Gasteiger partial charge >= 0.3 is 0 Å². The Hall–Kier alpha value is -2.02. The van der Waals surface area contributed by atoms with Crippen molar-refractivity contribution in [3.05, 3.63) is 52.4 Å². The van der Waals surface area contributed by atoms with E-state index < -0.39 is 5.91 Å². The summed E-state index contributed by atoms with van der Waals surface area (Å²) in [6.07, 6.45) is 4.25. The molecule has 0 radical (unpaired) electrons. The van der Waals surface area contributed by atoms with Crippen molar-refractivity contribution in [3.63, 3.8) is 0 Å². The fourth-order valence-electron chi connectivity index (χ4n) is 1.51. The summed E-state index contributed by atoms with van der Waals surface area (Å²) >= 11 is 16.6. The van der Waals surface area contributed by atoms with Gasteiger partial charge in [0.1, 0.15) is 5.76 Å². The number of amides is 1. The van der Waals surface area contributed by atoms with E-state index in [2.05, 4.69) is 10.6 Å². The molecule has 3 N–H and O–H groups in total. The maximum atomic E-state index is 11.7. The molecule has 0 atom stereocenters. The number of phenolic OH excluding ortho intramolecular Hbond substituents is 1. The predicted octanol–water partition coefficient (Wildman–Crippen LogP) is 3.82. The number of furan rings is 1. The van der Waals surface area contributed by atoms with Gasteiger partial charge in [-0.15, -0.1) is 0 Å². The van der Waals surface area contributed by atoms with Crippen molar-refractivity contribution in [2.24, 2.45) is 0 Å². The largest absolute Gasteiger partial charge is 0.504 e. The molecule has 8 heteroatoms. The molecule has 0 unspecified atom stereocenters. The van der Waals surface area contributed by atoms with E-state index in [1.165, 1.54) is 30.5 Å². The normalized spacial score (nSPS) is 10.6. The fourth-order valence-corrected chi connectivity index (χ4v) is 2.22. The molecule has 0 spiro atoms. The van der Waals surface area contributed by atoms with Gasteiger partial charge in [-0.25, -0.2) is 0 Å². The maximum absolute atomic E-state index is 11.7. The lowest BCUT2D eigenvalue weighted by atomic mass is 10.3. The van der Waals surface area contributed by atoms with Crippen molar-refractivity contribution in [1.29, 1.82) is 0 Å². The molecule has 0 aliphatic heterocycles. The molecule has 1 aromatic heterocycles. The van der Waals surface area contributed by atoms with E-state index in [0.717, 1.165) is 0 Å². The average Bonchev–Trinajstić information content (AvgIpc) is 2.95. The van der Waals surface area contributed by atoms with Gasteiger partial charge < -0.3 is 14.8 Å². The van der Waals surface area contributed by atoms with E-state index in [4.69, 9.17) is 39.8 Å². The number of aromatic hydroxyl groups is 1. The zero-order valence-electron chi connectivity index (χ0n) is 11.0. The molecule has 0 bridgehead atoms. The first-order chi connectivity index (χ1) is 10.5. The molecule has 2 rings (SSSR count). The van der Waals surface area contributed by atoms with Gasteiger partial charge in [-0.3, -0.25) is 10.1 Å². The summed E-state index contributed by atoms with van der Waals surface area (Å²) in [6.45, 7) is 0. The maximum Gasteiger partial charge on any atom is 0.250 e. The Kier molecular flexibility index (Phi) is 5.43. The van der Waals surface area contributed by atoms with Crippen molar-refractivity contribution in [1.82, 2.24) is 5.32 Å². The number of benzene rings is 1. The predicted molar refractivity (Wildman–Crippen MR) is 90.2 cm³/mol. The Bertz CT molecular complexity index is 730. The second-order valence-electron chi connectivity index (χ2n) is 4.08. The zero-order chi connectivity index (χ0) is 16.1. The number of halogens is 2. The number of anilines is 1. The average molecular weight is 357 g/mol. The highest BCUT2D eigenvalue weighted by atomic mass is 35.5. The SMILES string of the molecule is O=C(/C=C/c1ccco1)NC(=S)Nc1cc(Cl)cc(Cl)c1O. The molecule has 2 aromatic rings. The first kappa shape index (κ1) is 16.4. The quantitative estimate of drug-likeness (QED) is 0.442. The van der Waals surface area contributed by atoms with Crippen molar-refractivity contribution in [3.8, 4) is 5.75 Å². The van der Waals surface area contributed by atoms with E-state index in [0.29, 0.717) is 10.8 Å². The molecule has 114 valence electrons. The molecule has 0 saturated heterocycles. The van der Waals surface area contributed by atoms with Crippen molar-refractivity contribution in [2.75, 3.05) is 5.32 Å². The third-order valence-corrected chi connectivity index (χ3v) is 3.17. The van der Waals surface area contributed by atoms with E-state index in [9.17, 15) is 9.90 Å². The minimum Gasteiger partial charge on any atom is -0.504 e.